The predicted molar refractivity (Wildman–Crippen MR) is 129 cm³/mol. The summed E-state index contributed by atoms with van der Waals surface area (Å²) in [5, 5.41) is 0.661. The van der Waals surface area contributed by atoms with Crippen molar-refractivity contribution in [3.63, 3.8) is 0 Å². The van der Waals surface area contributed by atoms with E-state index < -0.39 is 0 Å². The van der Waals surface area contributed by atoms with Crippen molar-refractivity contribution >= 4 is 22.9 Å². The molecular formula is C25H22ClN3O2S. The number of hydrogen-bond acceptors (Lipinski definition) is 5. The maximum atomic E-state index is 12.8. The zero-order chi connectivity index (χ0) is 22.1. The number of rotatable bonds is 5. The maximum Gasteiger partial charge on any atom is 0.255 e. The molecule has 0 atom stereocenters. The molecule has 32 heavy (non-hydrogen) atoms. The van der Waals surface area contributed by atoms with E-state index in [0.717, 1.165) is 42.1 Å². The number of ether oxygens (including phenoxy) is 1. The minimum Gasteiger partial charge on any atom is -0.497 e. The highest BCUT2D eigenvalue weighted by Crippen LogP contribution is 2.31. The van der Waals surface area contributed by atoms with E-state index in [0.29, 0.717) is 17.4 Å². The first-order chi connectivity index (χ1) is 15.6. The molecule has 0 bridgehead atoms. The monoisotopic (exact) mass is 463 g/mol. The fourth-order valence-electron chi connectivity index (χ4n) is 3.95. The van der Waals surface area contributed by atoms with Gasteiger partial charge in [-0.15, -0.1) is 11.3 Å². The molecule has 0 saturated carbocycles. The van der Waals surface area contributed by atoms with Crippen LogP contribution in [0, 0.1) is 0 Å². The molecule has 1 N–H and O–H groups in total. The van der Waals surface area contributed by atoms with E-state index in [4.69, 9.17) is 21.3 Å². The molecule has 0 saturated heterocycles. The number of thiophene rings is 1. The van der Waals surface area contributed by atoms with Gasteiger partial charge < -0.3 is 9.72 Å². The highest BCUT2D eigenvalue weighted by atomic mass is 35.5. The third-order valence-electron chi connectivity index (χ3n) is 5.68. The summed E-state index contributed by atoms with van der Waals surface area (Å²) in [6, 6.07) is 19.8. The lowest BCUT2D eigenvalue weighted by atomic mass is 10.1. The maximum absolute atomic E-state index is 12.8. The standard InChI is InChI=1S/C25H22ClN3O2S/c1-31-19-8-4-16(5-9-19)23-11-10-20(32-23)14-29-13-12-22-21(15-29)25(30)28-24(27-22)17-2-6-18(26)7-3-17/h2-11H,12-15H2,1H3,(H,27,28,30). The summed E-state index contributed by atoms with van der Waals surface area (Å²) in [5.41, 5.74) is 3.64. The van der Waals surface area contributed by atoms with Gasteiger partial charge in [-0.3, -0.25) is 9.69 Å². The number of aromatic nitrogens is 2. The van der Waals surface area contributed by atoms with Gasteiger partial charge in [-0.25, -0.2) is 4.98 Å². The number of H-pyrrole nitrogens is 1. The van der Waals surface area contributed by atoms with Gasteiger partial charge in [0.1, 0.15) is 11.6 Å². The molecule has 2 aromatic carbocycles. The molecule has 0 fully saturated rings. The molecule has 4 aromatic rings. The van der Waals surface area contributed by atoms with Gasteiger partial charge in [-0.2, -0.15) is 0 Å². The van der Waals surface area contributed by atoms with Crippen molar-refractivity contribution in [1.29, 1.82) is 0 Å². The first-order valence-corrected chi connectivity index (χ1v) is 11.6. The minimum atomic E-state index is -0.0604. The van der Waals surface area contributed by atoms with Crippen LogP contribution in [0.15, 0.2) is 65.5 Å². The molecular weight excluding hydrogens is 442 g/mol. The van der Waals surface area contributed by atoms with Gasteiger partial charge >= 0.3 is 0 Å². The molecule has 162 valence electrons. The zero-order valence-electron chi connectivity index (χ0n) is 17.6. The fraction of sp³-hybridized carbons (Fsp3) is 0.200. The van der Waals surface area contributed by atoms with E-state index >= 15 is 0 Å². The second-order valence-corrected chi connectivity index (χ2v) is 9.41. The number of hydrogen-bond donors (Lipinski definition) is 1. The van der Waals surface area contributed by atoms with Crippen molar-refractivity contribution in [2.75, 3.05) is 13.7 Å². The number of nitrogens with zero attached hydrogens (tertiary/aromatic N) is 2. The average molecular weight is 464 g/mol. The first kappa shape index (κ1) is 20.9. The Balaban J connectivity index is 1.31. The Kier molecular flexibility index (Phi) is 5.83. The number of benzene rings is 2. The SMILES string of the molecule is COc1ccc(-c2ccc(CN3CCc4nc(-c5ccc(Cl)cc5)[nH]c(=O)c4C3)s2)cc1. The summed E-state index contributed by atoms with van der Waals surface area (Å²) in [4.78, 5) is 25.3. The van der Waals surface area contributed by atoms with E-state index in [-0.39, 0.29) is 5.56 Å². The van der Waals surface area contributed by atoms with Gasteiger partial charge in [0.2, 0.25) is 0 Å². The van der Waals surface area contributed by atoms with Crippen LogP contribution in [0.2, 0.25) is 5.02 Å². The van der Waals surface area contributed by atoms with E-state index in [1.165, 1.54) is 15.3 Å². The molecule has 0 unspecified atom stereocenters. The summed E-state index contributed by atoms with van der Waals surface area (Å²) in [5.74, 6) is 1.46. The molecule has 0 radical (unpaired) electrons. The predicted octanol–water partition coefficient (Wildman–Crippen LogP) is 5.39. The second kappa shape index (κ2) is 8.90. The topological polar surface area (TPSA) is 58.2 Å². The number of methoxy groups -OCH3 is 1. The lowest BCUT2D eigenvalue weighted by Gasteiger charge is -2.27. The zero-order valence-corrected chi connectivity index (χ0v) is 19.2. The van der Waals surface area contributed by atoms with Crippen LogP contribution < -0.4 is 10.3 Å². The summed E-state index contributed by atoms with van der Waals surface area (Å²) < 4.78 is 5.24. The largest absolute Gasteiger partial charge is 0.497 e. The summed E-state index contributed by atoms with van der Waals surface area (Å²) in [7, 11) is 1.67. The van der Waals surface area contributed by atoms with Gasteiger partial charge in [0.25, 0.3) is 5.56 Å². The van der Waals surface area contributed by atoms with Crippen molar-refractivity contribution in [3.05, 3.63) is 92.2 Å². The van der Waals surface area contributed by atoms with Crippen molar-refractivity contribution in [2.24, 2.45) is 0 Å². The average Bonchev–Trinajstić information content (AvgIpc) is 3.28. The molecule has 1 aliphatic heterocycles. The number of fused-ring (bicyclic) bond motifs is 1. The molecule has 5 rings (SSSR count). The van der Waals surface area contributed by atoms with Crippen molar-refractivity contribution < 1.29 is 4.74 Å². The van der Waals surface area contributed by atoms with Crippen LogP contribution >= 0.6 is 22.9 Å². The van der Waals surface area contributed by atoms with Crippen LogP contribution in [-0.2, 0) is 19.5 Å². The molecule has 2 aromatic heterocycles. The quantitative estimate of drug-likeness (QED) is 0.431. The Labute approximate surface area is 195 Å². The first-order valence-electron chi connectivity index (χ1n) is 10.4. The Morgan fingerprint density at radius 2 is 1.81 bits per heavy atom. The van der Waals surface area contributed by atoms with Crippen LogP contribution in [0.4, 0.5) is 0 Å². The lowest BCUT2D eigenvalue weighted by Crippen LogP contribution is -2.35. The minimum absolute atomic E-state index is 0.0604. The summed E-state index contributed by atoms with van der Waals surface area (Å²) in [6.45, 7) is 2.30. The molecule has 0 amide bonds. The molecule has 7 heteroatoms. The fourth-order valence-corrected chi connectivity index (χ4v) is 5.14. The Morgan fingerprint density at radius 1 is 1.06 bits per heavy atom. The van der Waals surface area contributed by atoms with Gasteiger partial charge in [0.05, 0.1) is 18.4 Å². The third-order valence-corrected chi connectivity index (χ3v) is 7.05. The molecule has 0 aliphatic carbocycles. The van der Waals surface area contributed by atoms with Gasteiger partial charge in [-0.1, -0.05) is 11.6 Å². The van der Waals surface area contributed by atoms with E-state index in [9.17, 15) is 4.79 Å². The van der Waals surface area contributed by atoms with Gasteiger partial charge in [0.15, 0.2) is 0 Å². The molecule has 5 nitrogen and oxygen atoms in total. The van der Waals surface area contributed by atoms with Crippen molar-refractivity contribution in [2.45, 2.75) is 19.5 Å². The van der Waals surface area contributed by atoms with Crippen LogP contribution in [-0.4, -0.2) is 28.5 Å². The van der Waals surface area contributed by atoms with Gasteiger partial charge in [0, 0.05) is 46.4 Å². The van der Waals surface area contributed by atoms with Crippen molar-refractivity contribution in [3.8, 4) is 27.6 Å². The number of aromatic amines is 1. The summed E-state index contributed by atoms with van der Waals surface area (Å²) in [6.07, 6.45) is 0.760. The number of halogens is 1. The Hall–Kier alpha value is -2.93. The smallest absolute Gasteiger partial charge is 0.255 e. The van der Waals surface area contributed by atoms with Crippen LogP contribution in [0.1, 0.15) is 16.1 Å². The highest BCUT2D eigenvalue weighted by molar-refractivity contribution is 7.15. The van der Waals surface area contributed by atoms with Crippen molar-refractivity contribution in [1.82, 2.24) is 14.9 Å². The van der Waals surface area contributed by atoms with E-state index in [2.05, 4.69) is 34.1 Å². The molecule has 3 heterocycles. The normalized spacial score (nSPS) is 13.7. The second-order valence-electron chi connectivity index (χ2n) is 7.80. The van der Waals surface area contributed by atoms with E-state index in [1.54, 1.807) is 30.6 Å². The Morgan fingerprint density at radius 3 is 2.56 bits per heavy atom. The Bertz CT molecular complexity index is 1300. The summed E-state index contributed by atoms with van der Waals surface area (Å²) >= 11 is 7.76. The molecule has 0 spiro atoms. The van der Waals surface area contributed by atoms with Gasteiger partial charge in [-0.05, 0) is 66.2 Å². The van der Waals surface area contributed by atoms with Crippen LogP contribution in [0.25, 0.3) is 21.8 Å². The van der Waals surface area contributed by atoms with E-state index in [1.807, 2.05) is 24.3 Å². The van der Waals surface area contributed by atoms with Crippen LogP contribution in [0.5, 0.6) is 5.75 Å². The highest BCUT2D eigenvalue weighted by Gasteiger charge is 2.22. The molecule has 1 aliphatic rings. The number of nitrogens with one attached hydrogen (secondary N) is 1. The lowest BCUT2D eigenvalue weighted by molar-refractivity contribution is 0.244. The van der Waals surface area contributed by atoms with Crippen LogP contribution in [0.3, 0.4) is 0 Å². The third kappa shape index (κ3) is 4.35.